The predicted molar refractivity (Wildman–Crippen MR) is 122 cm³/mol. The molecule has 2 fully saturated rings. The second-order valence-electron chi connectivity index (χ2n) is 8.16. The van der Waals surface area contributed by atoms with E-state index in [-0.39, 0.29) is 21.1 Å². The first-order valence-electron chi connectivity index (χ1n) is 10.6. The molecular weight excluding hydrogens is 456 g/mol. The van der Waals surface area contributed by atoms with Gasteiger partial charge in [0.15, 0.2) is 0 Å². The maximum absolute atomic E-state index is 13.1. The molecular formula is C22H27ClN2O4S2. The summed E-state index contributed by atoms with van der Waals surface area (Å²) in [6.45, 7) is 2.67. The Morgan fingerprint density at radius 1 is 1.10 bits per heavy atom. The number of thiophene rings is 1. The number of ether oxygens (including phenoxy) is 1. The summed E-state index contributed by atoms with van der Waals surface area (Å²) in [4.78, 5) is 13.5. The number of hydrogen-bond donors (Lipinski definition) is 1. The Labute approximate surface area is 192 Å². The molecule has 1 N–H and O–H groups in total. The monoisotopic (exact) mass is 482 g/mol. The van der Waals surface area contributed by atoms with Gasteiger partial charge in [0.05, 0.1) is 0 Å². The number of nitrogens with one attached hydrogen (secondary N) is 1. The summed E-state index contributed by atoms with van der Waals surface area (Å²) in [6, 6.07) is 9.26. The van der Waals surface area contributed by atoms with Gasteiger partial charge in [-0.15, -0.1) is 11.3 Å². The average molecular weight is 483 g/mol. The molecule has 0 unspecified atom stereocenters. The van der Waals surface area contributed by atoms with Gasteiger partial charge in [0.1, 0.15) is 9.77 Å². The number of carbonyl (C=O) groups is 1. The molecule has 4 rings (SSSR count). The van der Waals surface area contributed by atoms with E-state index in [9.17, 15) is 13.2 Å². The molecule has 0 atom stereocenters. The highest BCUT2D eigenvalue weighted by Crippen LogP contribution is 2.35. The van der Waals surface area contributed by atoms with Crippen LogP contribution in [0.5, 0.6) is 0 Å². The normalized spacial score (nSPS) is 19.8. The van der Waals surface area contributed by atoms with Crippen molar-refractivity contribution in [3.8, 4) is 0 Å². The van der Waals surface area contributed by atoms with Gasteiger partial charge in [0.25, 0.3) is 5.91 Å². The maximum Gasteiger partial charge on any atom is 0.262 e. The molecule has 3 heterocycles. The number of piperidine rings is 1. The van der Waals surface area contributed by atoms with Crippen molar-refractivity contribution in [2.24, 2.45) is 0 Å². The lowest BCUT2D eigenvalue weighted by atomic mass is 9.74. The van der Waals surface area contributed by atoms with Crippen molar-refractivity contribution in [3.63, 3.8) is 0 Å². The first kappa shape index (κ1) is 22.7. The number of amides is 1. The fraction of sp³-hybridized carbons (Fsp3) is 0.500. The van der Waals surface area contributed by atoms with E-state index >= 15 is 0 Å². The van der Waals surface area contributed by atoms with E-state index in [0.29, 0.717) is 37.9 Å². The van der Waals surface area contributed by atoms with E-state index < -0.39 is 10.0 Å². The minimum atomic E-state index is -3.66. The summed E-state index contributed by atoms with van der Waals surface area (Å²) >= 11 is 7.23. The van der Waals surface area contributed by atoms with Crippen LogP contribution >= 0.6 is 22.9 Å². The number of benzene rings is 1. The van der Waals surface area contributed by atoms with Gasteiger partial charge >= 0.3 is 0 Å². The molecule has 2 saturated heterocycles. The zero-order chi connectivity index (χ0) is 21.9. The first-order chi connectivity index (χ1) is 14.9. The topological polar surface area (TPSA) is 75.7 Å². The van der Waals surface area contributed by atoms with E-state index in [1.54, 1.807) is 11.4 Å². The van der Waals surface area contributed by atoms with Gasteiger partial charge in [-0.25, -0.2) is 8.42 Å². The molecule has 0 radical (unpaired) electrons. The largest absolute Gasteiger partial charge is 0.381 e. The fourth-order valence-electron chi connectivity index (χ4n) is 4.37. The van der Waals surface area contributed by atoms with Crippen LogP contribution in [-0.4, -0.2) is 51.5 Å². The molecule has 9 heteroatoms. The molecule has 1 aromatic heterocycles. The fourth-order valence-corrected chi connectivity index (χ4v) is 7.33. The summed E-state index contributed by atoms with van der Waals surface area (Å²) < 4.78 is 33.3. The van der Waals surface area contributed by atoms with E-state index in [1.807, 2.05) is 24.3 Å². The predicted octanol–water partition coefficient (Wildman–Crippen LogP) is 4.05. The Balaban J connectivity index is 1.53. The van der Waals surface area contributed by atoms with Crippen LogP contribution in [0, 0.1) is 0 Å². The highest BCUT2D eigenvalue weighted by Gasteiger charge is 2.36. The third-order valence-electron chi connectivity index (χ3n) is 6.26. The van der Waals surface area contributed by atoms with Crippen LogP contribution in [0.1, 0.15) is 47.3 Å². The first-order valence-corrected chi connectivity index (χ1v) is 13.3. The van der Waals surface area contributed by atoms with Crippen molar-refractivity contribution in [1.29, 1.82) is 0 Å². The van der Waals surface area contributed by atoms with Crippen LogP contribution in [0.2, 0.25) is 5.02 Å². The van der Waals surface area contributed by atoms with Gasteiger partial charge in [-0.3, -0.25) is 4.79 Å². The Kier molecular flexibility index (Phi) is 7.03. The van der Waals surface area contributed by atoms with Crippen LogP contribution in [-0.2, 0) is 20.2 Å². The molecule has 0 spiro atoms. The van der Waals surface area contributed by atoms with Crippen molar-refractivity contribution in [2.45, 2.75) is 42.4 Å². The van der Waals surface area contributed by atoms with Gasteiger partial charge in [0, 0.05) is 43.3 Å². The average Bonchev–Trinajstić information content (AvgIpc) is 3.30. The summed E-state index contributed by atoms with van der Waals surface area (Å²) in [5.41, 5.74) is 0.842. The van der Waals surface area contributed by atoms with Crippen LogP contribution < -0.4 is 5.32 Å². The van der Waals surface area contributed by atoms with Crippen molar-refractivity contribution in [1.82, 2.24) is 9.62 Å². The second-order valence-corrected chi connectivity index (χ2v) is 11.4. The van der Waals surface area contributed by atoms with Gasteiger partial charge in [-0.1, -0.05) is 30.2 Å². The molecule has 0 bridgehead atoms. The number of sulfonamides is 1. The number of hydrogen-bond acceptors (Lipinski definition) is 5. The van der Waals surface area contributed by atoms with Gasteiger partial charge in [0.2, 0.25) is 10.0 Å². The SMILES string of the molecule is O=C(NCC1(c2ccc(Cl)cc2)CCOCC1)c1sccc1S(=O)(=O)N1CCCCC1. The summed E-state index contributed by atoms with van der Waals surface area (Å²) in [7, 11) is -3.66. The molecule has 0 saturated carbocycles. The zero-order valence-corrected chi connectivity index (χ0v) is 19.7. The van der Waals surface area contributed by atoms with Crippen LogP contribution in [0.15, 0.2) is 40.6 Å². The maximum atomic E-state index is 13.1. The lowest BCUT2D eigenvalue weighted by molar-refractivity contribution is 0.0487. The highest BCUT2D eigenvalue weighted by atomic mass is 35.5. The van der Waals surface area contributed by atoms with Crippen molar-refractivity contribution in [2.75, 3.05) is 32.8 Å². The van der Waals surface area contributed by atoms with Crippen LogP contribution in [0.3, 0.4) is 0 Å². The second kappa shape index (κ2) is 9.58. The quantitative estimate of drug-likeness (QED) is 0.673. The van der Waals surface area contributed by atoms with Crippen molar-refractivity contribution >= 4 is 38.9 Å². The van der Waals surface area contributed by atoms with E-state index in [2.05, 4.69) is 5.32 Å². The molecule has 6 nitrogen and oxygen atoms in total. The lowest BCUT2D eigenvalue weighted by Gasteiger charge is -2.38. The van der Waals surface area contributed by atoms with Gasteiger partial charge in [-0.05, 0) is 54.8 Å². The van der Waals surface area contributed by atoms with Crippen molar-refractivity contribution in [3.05, 3.63) is 51.2 Å². The minimum absolute atomic E-state index is 0.115. The lowest BCUT2D eigenvalue weighted by Crippen LogP contribution is -2.44. The summed E-state index contributed by atoms with van der Waals surface area (Å²) in [6.07, 6.45) is 4.31. The summed E-state index contributed by atoms with van der Waals surface area (Å²) in [5.74, 6) is -0.342. The molecule has 168 valence electrons. The molecule has 2 aromatic rings. The third kappa shape index (κ3) is 4.83. The van der Waals surface area contributed by atoms with Crippen LogP contribution in [0.25, 0.3) is 0 Å². The van der Waals surface area contributed by atoms with Gasteiger partial charge in [-0.2, -0.15) is 4.31 Å². The number of carbonyl (C=O) groups excluding carboxylic acids is 1. The molecule has 31 heavy (non-hydrogen) atoms. The standard InChI is InChI=1S/C22H27ClN2O4S2/c23-18-6-4-17(5-7-18)22(9-13-29-14-10-22)16-24-21(26)20-19(8-15-30-20)31(27,28)25-11-2-1-3-12-25/h4-8,15H,1-3,9-14,16H2,(H,24,26). The minimum Gasteiger partial charge on any atom is -0.381 e. The Morgan fingerprint density at radius 3 is 2.45 bits per heavy atom. The summed E-state index contributed by atoms with van der Waals surface area (Å²) in [5, 5.41) is 5.37. The molecule has 1 amide bonds. The van der Waals surface area contributed by atoms with Crippen LogP contribution in [0.4, 0.5) is 0 Å². The van der Waals surface area contributed by atoms with Gasteiger partial charge < -0.3 is 10.1 Å². The molecule has 0 aliphatic carbocycles. The molecule has 2 aliphatic rings. The molecule has 2 aliphatic heterocycles. The Bertz CT molecular complexity index is 1010. The smallest absolute Gasteiger partial charge is 0.262 e. The number of nitrogens with zero attached hydrogens (tertiary/aromatic N) is 1. The third-order valence-corrected chi connectivity index (χ3v) is 9.50. The Hall–Kier alpha value is -1.45. The zero-order valence-electron chi connectivity index (χ0n) is 17.3. The Morgan fingerprint density at radius 2 is 1.77 bits per heavy atom. The highest BCUT2D eigenvalue weighted by molar-refractivity contribution is 7.89. The molecule has 1 aromatic carbocycles. The van der Waals surface area contributed by atoms with E-state index in [4.69, 9.17) is 16.3 Å². The number of rotatable bonds is 6. The van der Waals surface area contributed by atoms with E-state index in [0.717, 1.165) is 37.7 Å². The van der Waals surface area contributed by atoms with Crippen molar-refractivity contribution < 1.29 is 17.9 Å². The van der Waals surface area contributed by atoms with E-state index in [1.165, 1.54) is 15.6 Å². The number of halogens is 1.